The summed E-state index contributed by atoms with van der Waals surface area (Å²) in [5.74, 6) is 0.811. The molecule has 86 valence electrons. The molecule has 0 amide bonds. The Balaban J connectivity index is 2.14. The van der Waals surface area contributed by atoms with E-state index in [4.69, 9.17) is 5.26 Å². The molecular weight excluding hydrogens is 298 g/mol. The van der Waals surface area contributed by atoms with E-state index in [0.29, 0.717) is 5.56 Å². The lowest BCUT2D eigenvalue weighted by Crippen LogP contribution is -2.17. The van der Waals surface area contributed by atoms with Crippen molar-refractivity contribution < 1.29 is 0 Å². The van der Waals surface area contributed by atoms with Crippen molar-refractivity contribution in [1.29, 1.82) is 5.26 Å². The third-order valence-electron chi connectivity index (χ3n) is 2.31. The maximum absolute atomic E-state index is 8.84. The molecule has 0 radical (unpaired) electrons. The molecule has 0 aliphatic heterocycles. The van der Waals surface area contributed by atoms with Gasteiger partial charge in [0.1, 0.15) is 5.82 Å². The van der Waals surface area contributed by atoms with E-state index in [9.17, 15) is 0 Å². The smallest absolute Gasteiger partial charge is 0.129 e. The average molecular weight is 308 g/mol. The highest BCUT2D eigenvalue weighted by molar-refractivity contribution is 9.11. The van der Waals surface area contributed by atoms with E-state index in [1.807, 2.05) is 11.9 Å². The van der Waals surface area contributed by atoms with Crippen LogP contribution < -0.4 is 4.90 Å². The minimum absolute atomic E-state index is 0.633. The van der Waals surface area contributed by atoms with Gasteiger partial charge in [-0.3, -0.25) is 0 Å². The van der Waals surface area contributed by atoms with Crippen LogP contribution in [0.1, 0.15) is 11.1 Å². The van der Waals surface area contributed by atoms with Crippen molar-refractivity contribution in [3.05, 3.63) is 44.7 Å². The highest BCUT2D eigenvalue weighted by Crippen LogP contribution is 2.22. The largest absolute Gasteiger partial charge is 0.355 e. The molecule has 3 nitrogen and oxygen atoms in total. The molecule has 0 aliphatic carbocycles. The Morgan fingerprint density at radius 3 is 3.00 bits per heavy atom. The van der Waals surface area contributed by atoms with Gasteiger partial charge in [0.05, 0.1) is 15.4 Å². The van der Waals surface area contributed by atoms with Crippen LogP contribution in [-0.2, 0) is 6.54 Å². The Morgan fingerprint density at radius 1 is 1.53 bits per heavy atom. The lowest BCUT2D eigenvalue weighted by molar-refractivity contribution is 0.901. The van der Waals surface area contributed by atoms with E-state index in [-0.39, 0.29) is 0 Å². The summed E-state index contributed by atoms with van der Waals surface area (Å²) in [6.07, 6.45) is 1.66. The molecular formula is C12H10BrN3S. The van der Waals surface area contributed by atoms with Crippen LogP contribution in [0.15, 0.2) is 33.6 Å². The fourth-order valence-corrected chi connectivity index (χ4v) is 2.68. The molecule has 0 saturated heterocycles. The summed E-state index contributed by atoms with van der Waals surface area (Å²) in [6, 6.07) is 7.71. The highest BCUT2D eigenvalue weighted by Gasteiger charge is 2.05. The van der Waals surface area contributed by atoms with E-state index >= 15 is 0 Å². The van der Waals surface area contributed by atoms with Gasteiger partial charge in [-0.2, -0.15) is 5.26 Å². The number of hydrogen-bond acceptors (Lipinski definition) is 4. The first-order valence-corrected chi connectivity index (χ1v) is 6.66. The summed E-state index contributed by atoms with van der Waals surface area (Å²) in [4.78, 5) is 6.28. The first-order valence-electron chi connectivity index (χ1n) is 4.99. The Labute approximate surface area is 112 Å². The zero-order valence-electron chi connectivity index (χ0n) is 9.22. The summed E-state index contributed by atoms with van der Waals surface area (Å²) in [5.41, 5.74) is 1.86. The lowest BCUT2D eigenvalue weighted by Gasteiger charge is -2.17. The van der Waals surface area contributed by atoms with Crippen LogP contribution in [0.2, 0.25) is 0 Å². The second-order valence-corrected chi connectivity index (χ2v) is 5.92. The molecule has 0 bridgehead atoms. The van der Waals surface area contributed by atoms with Crippen LogP contribution in [0, 0.1) is 11.3 Å². The van der Waals surface area contributed by atoms with Gasteiger partial charge in [0.15, 0.2) is 0 Å². The number of nitrogens with zero attached hydrogens (tertiary/aromatic N) is 3. The average Bonchev–Trinajstić information content (AvgIpc) is 2.75. The quantitative estimate of drug-likeness (QED) is 0.872. The molecule has 2 aromatic heterocycles. The van der Waals surface area contributed by atoms with Crippen LogP contribution in [0.25, 0.3) is 0 Å². The summed E-state index contributed by atoms with van der Waals surface area (Å²) in [5, 5.41) is 10.9. The predicted molar refractivity (Wildman–Crippen MR) is 73.1 cm³/mol. The minimum Gasteiger partial charge on any atom is -0.355 e. The van der Waals surface area contributed by atoms with E-state index < -0.39 is 0 Å². The molecule has 2 rings (SSSR count). The van der Waals surface area contributed by atoms with Gasteiger partial charge in [-0.1, -0.05) is 0 Å². The van der Waals surface area contributed by atoms with Crippen molar-refractivity contribution in [3.8, 4) is 6.07 Å². The van der Waals surface area contributed by atoms with E-state index in [2.05, 4.69) is 38.4 Å². The van der Waals surface area contributed by atoms with Crippen molar-refractivity contribution in [2.24, 2.45) is 0 Å². The van der Waals surface area contributed by atoms with Crippen molar-refractivity contribution in [1.82, 2.24) is 4.98 Å². The van der Waals surface area contributed by atoms with Gasteiger partial charge in [-0.25, -0.2) is 4.98 Å². The van der Waals surface area contributed by atoms with Gasteiger partial charge < -0.3 is 4.90 Å². The number of hydrogen-bond donors (Lipinski definition) is 0. The van der Waals surface area contributed by atoms with Gasteiger partial charge in [0, 0.05) is 19.8 Å². The van der Waals surface area contributed by atoms with E-state index in [1.54, 1.807) is 29.7 Å². The number of aromatic nitrogens is 1. The number of thiophene rings is 1. The van der Waals surface area contributed by atoms with E-state index in [1.165, 1.54) is 5.56 Å². The van der Waals surface area contributed by atoms with Crippen LogP contribution in [0.3, 0.4) is 0 Å². The molecule has 0 aromatic carbocycles. The topological polar surface area (TPSA) is 39.9 Å². The van der Waals surface area contributed by atoms with Crippen molar-refractivity contribution in [3.63, 3.8) is 0 Å². The molecule has 17 heavy (non-hydrogen) atoms. The maximum Gasteiger partial charge on any atom is 0.129 e. The van der Waals surface area contributed by atoms with Crippen molar-refractivity contribution in [2.45, 2.75) is 6.54 Å². The summed E-state index contributed by atoms with van der Waals surface area (Å²) in [7, 11) is 1.97. The zero-order valence-corrected chi connectivity index (χ0v) is 11.6. The fourth-order valence-electron chi connectivity index (χ4n) is 1.48. The van der Waals surface area contributed by atoms with Gasteiger partial charge in [0.2, 0.25) is 0 Å². The van der Waals surface area contributed by atoms with Crippen LogP contribution in [0.5, 0.6) is 0 Å². The predicted octanol–water partition coefficient (Wildman–Crippen LogP) is 3.41. The summed E-state index contributed by atoms with van der Waals surface area (Å²) < 4.78 is 1.12. The third-order valence-corrected chi connectivity index (χ3v) is 3.86. The number of nitriles is 1. The molecule has 2 aromatic rings. The Hall–Kier alpha value is -1.38. The van der Waals surface area contributed by atoms with Crippen molar-refractivity contribution in [2.75, 3.05) is 11.9 Å². The summed E-state index contributed by atoms with van der Waals surface area (Å²) >= 11 is 5.11. The standard InChI is InChI=1S/C12H10BrN3S/c1-16(7-10-4-11(13)17-8-10)12-5-9(6-14)2-3-15-12/h2-5,8H,7H2,1H3. The second-order valence-electron chi connectivity index (χ2n) is 3.63. The molecule has 0 saturated carbocycles. The Bertz CT molecular complexity index is 559. The fraction of sp³-hybridized carbons (Fsp3) is 0.167. The van der Waals surface area contributed by atoms with Gasteiger partial charge >= 0.3 is 0 Å². The SMILES string of the molecule is CN(Cc1csc(Br)c1)c1cc(C#N)ccn1. The second kappa shape index (κ2) is 5.30. The van der Waals surface area contributed by atoms with Gasteiger partial charge in [-0.15, -0.1) is 11.3 Å². The summed E-state index contributed by atoms with van der Waals surface area (Å²) in [6.45, 7) is 0.782. The third kappa shape index (κ3) is 3.05. The first kappa shape index (κ1) is 12.1. The Kier molecular flexibility index (Phi) is 3.77. The number of pyridine rings is 1. The molecule has 0 spiro atoms. The first-order chi connectivity index (χ1) is 8.19. The number of anilines is 1. The normalized spacial score (nSPS) is 9.94. The molecule has 0 aliphatic rings. The number of halogens is 1. The number of rotatable bonds is 3. The molecule has 0 atom stereocenters. The molecule has 2 heterocycles. The lowest BCUT2D eigenvalue weighted by atomic mass is 10.2. The maximum atomic E-state index is 8.84. The molecule has 0 unspecified atom stereocenters. The van der Waals surface area contributed by atoms with Gasteiger partial charge in [0.25, 0.3) is 0 Å². The molecule has 5 heteroatoms. The van der Waals surface area contributed by atoms with Crippen LogP contribution >= 0.6 is 27.3 Å². The molecule has 0 N–H and O–H groups in total. The van der Waals surface area contributed by atoms with Crippen LogP contribution in [0.4, 0.5) is 5.82 Å². The van der Waals surface area contributed by atoms with Crippen LogP contribution in [-0.4, -0.2) is 12.0 Å². The monoisotopic (exact) mass is 307 g/mol. The molecule has 0 fully saturated rings. The van der Waals surface area contributed by atoms with E-state index in [0.717, 1.165) is 16.1 Å². The minimum atomic E-state index is 0.633. The van der Waals surface area contributed by atoms with Crippen molar-refractivity contribution >= 4 is 33.1 Å². The highest BCUT2D eigenvalue weighted by atomic mass is 79.9. The Morgan fingerprint density at radius 2 is 2.35 bits per heavy atom. The van der Waals surface area contributed by atoms with Gasteiger partial charge in [-0.05, 0) is 45.1 Å². The zero-order chi connectivity index (χ0) is 12.3.